The number of benzene rings is 1. The third-order valence-corrected chi connectivity index (χ3v) is 2.93. The highest BCUT2D eigenvalue weighted by atomic mass is 19.1. The molecule has 1 aromatic rings. The van der Waals surface area contributed by atoms with Crippen molar-refractivity contribution in [3.05, 3.63) is 35.9 Å². The van der Waals surface area contributed by atoms with Crippen molar-refractivity contribution >= 4 is 6.09 Å². The molecule has 4 heteroatoms. The summed E-state index contributed by atoms with van der Waals surface area (Å²) < 4.78 is 17.7. The predicted octanol–water partition coefficient (Wildman–Crippen LogP) is 2.61. The van der Waals surface area contributed by atoms with Crippen molar-refractivity contribution in [3.8, 4) is 0 Å². The Hall–Kier alpha value is -1.58. The van der Waals surface area contributed by atoms with E-state index in [9.17, 15) is 9.18 Å². The Morgan fingerprint density at radius 1 is 1.41 bits per heavy atom. The quantitative estimate of drug-likeness (QED) is 0.808. The minimum Gasteiger partial charge on any atom is -0.445 e. The van der Waals surface area contributed by atoms with Gasteiger partial charge in [0.25, 0.3) is 0 Å². The van der Waals surface area contributed by atoms with Crippen LogP contribution < -0.4 is 0 Å². The number of nitrogens with zero attached hydrogens (tertiary/aromatic N) is 1. The Morgan fingerprint density at radius 3 is 2.65 bits per heavy atom. The molecule has 1 amide bonds. The Balaban J connectivity index is 1.76. The summed E-state index contributed by atoms with van der Waals surface area (Å²) in [5.41, 5.74) is 0.584. The largest absolute Gasteiger partial charge is 0.445 e. The standard InChI is InChI=1S/C13H16FNO2/c1-13(8-14)9-15(10-13)12(16)17-7-11-5-3-2-4-6-11/h2-6H,7-10H2,1H3. The molecular weight excluding hydrogens is 221 g/mol. The highest BCUT2D eigenvalue weighted by molar-refractivity contribution is 5.69. The zero-order valence-corrected chi connectivity index (χ0v) is 9.86. The van der Waals surface area contributed by atoms with Crippen LogP contribution in [-0.4, -0.2) is 30.8 Å². The molecule has 0 N–H and O–H groups in total. The lowest BCUT2D eigenvalue weighted by Crippen LogP contribution is -2.58. The molecule has 1 aliphatic heterocycles. The van der Waals surface area contributed by atoms with Crippen LogP contribution in [0, 0.1) is 5.41 Å². The van der Waals surface area contributed by atoms with Crippen LogP contribution in [0.5, 0.6) is 0 Å². The van der Waals surface area contributed by atoms with Gasteiger partial charge in [0, 0.05) is 18.5 Å². The van der Waals surface area contributed by atoms with Crippen LogP contribution in [0.4, 0.5) is 9.18 Å². The molecule has 0 bridgehead atoms. The molecule has 0 unspecified atom stereocenters. The van der Waals surface area contributed by atoms with Crippen molar-refractivity contribution < 1.29 is 13.9 Å². The molecule has 92 valence electrons. The van der Waals surface area contributed by atoms with E-state index in [4.69, 9.17) is 4.74 Å². The first kappa shape index (κ1) is 11.9. The van der Waals surface area contributed by atoms with Gasteiger partial charge in [-0.05, 0) is 5.56 Å². The molecule has 2 rings (SSSR count). The molecule has 0 atom stereocenters. The average molecular weight is 237 g/mol. The van der Waals surface area contributed by atoms with Crippen LogP contribution in [0.15, 0.2) is 30.3 Å². The van der Waals surface area contributed by atoms with E-state index in [2.05, 4.69) is 0 Å². The minimum atomic E-state index is -0.393. The van der Waals surface area contributed by atoms with Gasteiger partial charge < -0.3 is 9.64 Å². The van der Waals surface area contributed by atoms with Crippen LogP contribution in [0.3, 0.4) is 0 Å². The zero-order chi connectivity index (χ0) is 12.3. The van der Waals surface area contributed by atoms with E-state index >= 15 is 0 Å². The molecule has 1 aromatic carbocycles. The molecule has 0 aliphatic carbocycles. The van der Waals surface area contributed by atoms with Gasteiger partial charge in [0.05, 0.1) is 6.67 Å². The monoisotopic (exact) mass is 237 g/mol. The van der Waals surface area contributed by atoms with Crippen molar-refractivity contribution in [2.24, 2.45) is 5.41 Å². The van der Waals surface area contributed by atoms with E-state index in [1.807, 2.05) is 37.3 Å². The van der Waals surface area contributed by atoms with Crippen molar-refractivity contribution in [1.82, 2.24) is 4.90 Å². The summed E-state index contributed by atoms with van der Waals surface area (Å²) in [6.45, 7) is 2.58. The highest BCUT2D eigenvalue weighted by Gasteiger charge is 2.42. The van der Waals surface area contributed by atoms with Crippen LogP contribution in [0.25, 0.3) is 0 Å². The van der Waals surface area contributed by atoms with Gasteiger partial charge in [0.15, 0.2) is 0 Å². The maximum absolute atomic E-state index is 12.5. The molecule has 3 nitrogen and oxygen atoms in total. The van der Waals surface area contributed by atoms with Gasteiger partial charge >= 0.3 is 6.09 Å². The summed E-state index contributed by atoms with van der Waals surface area (Å²) in [5, 5.41) is 0. The first-order valence-corrected chi connectivity index (χ1v) is 5.65. The summed E-state index contributed by atoms with van der Waals surface area (Å²) in [5.74, 6) is 0. The van der Waals surface area contributed by atoms with Crippen molar-refractivity contribution in [2.45, 2.75) is 13.5 Å². The van der Waals surface area contributed by atoms with Gasteiger partial charge in [-0.2, -0.15) is 0 Å². The number of ether oxygens (including phenoxy) is 1. The smallest absolute Gasteiger partial charge is 0.410 e. The van der Waals surface area contributed by atoms with Crippen LogP contribution >= 0.6 is 0 Å². The zero-order valence-electron chi connectivity index (χ0n) is 9.86. The Morgan fingerprint density at radius 2 is 2.06 bits per heavy atom. The van der Waals surface area contributed by atoms with Gasteiger partial charge in [-0.25, -0.2) is 4.79 Å². The normalized spacial score (nSPS) is 17.4. The molecule has 1 saturated heterocycles. The number of hydrogen-bond donors (Lipinski definition) is 0. The minimum absolute atomic E-state index is 0.266. The van der Waals surface area contributed by atoms with E-state index in [0.717, 1.165) is 5.56 Å². The SMILES string of the molecule is CC1(CF)CN(C(=O)OCc2ccccc2)C1. The van der Waals surface area contributed by atoms with Crippen LogP contribution in [-0.2, 0) is 11.3 Å². The van der Waals surface area contributed by atoms with Gasteiger partial charge in [-0.3, -0.25) is 4.39 Å². The molecule has 0 aromatic heterocycles. The number of alkyl halides is 1. The summed E-state index contributed by atoms with van der Waals surface area (Å²) >= 11 is 0. The van der Waals surface area contributed by atoms with Gasteiger partial charge in [0.1, 0.15) is 6.61 Å². The second kappa shape index (κ2) is 4.73. The maximum atomic E-state index is 12.5. The summed E-state index contributed by atoms with van der Waals surface area (Å²) in [6.07, 6.45) is -0.361. The fraction of sp³-hybridized carbons (Fsp3) is 0.462. The predicted molar refractivity (Wildman–Crippen MR) is 62.3 cm³/mol. The number of halogens is 1. The fourth-order valence-corrected chi connectivity index (χ4v) is 1.90. The van der Waals surface area contributed by atoms with Crippen LogP contribution in [0.2, 0.25) is 0 Å². The number of likely N-dealkylation sites (tertiary alicyclic amines) is 1. The van der Waals surface area contributed by atoms with Gasteiger partial charge in [-0.15, -0.1) is 0 Å². The second-order valence-corrected chi connectivity index (χ2v) is 4.84. The van der Waals surface area contributed by atoms with Crippen LogP contribution in [0.1, 0.15) is 12.5 Å². The molecule has 1 fully saturated rings. The lowest BCUT2D eigenvalue weighted by Gasteiger charge is -2.45. The van der Waals surface area contributed by atoms with E-state index in [1.54, 1.807) is 0 Å². The van der Waals surface area contributed by atoms with E-state index < -0.39 is 6.67 Å². The fourth-order valence-electron chi connectivity index (χ4n) is 1.90. The number of carbonyl (C=O) groups is 1. The van der Waals surface area contributed by atoms with Gasteiger partial charge in [0.2, 0.25) is 0 Å². The summed E-state index contributed by atoms with van der Waals surface area (Å²) in [4.78, 5) is 13.1. The first-order valence-electron chi connectivity index (χ1n) is 5.65. The van der Waals surface area contributed by atoms with Crippen molar-refractivity contribution in [2.75, 3.05) is 19.8 Å². The van der Waals surface area contributed by atoms with E-state index in [0.29, 0.717) is 13.1 Å². The number of hydrogen-bond acceptors (Lipinski definition) is 2. The lowest BCUT2D eigenvalue weighted by molar-refractivity contribution is -0.00836. The summed E-state index contributed by atoms with van der Waals surface area (Å²) in [7, 11) is 0. The second-order valence-electron chi connectivity index (χ2n) is 4.84. The molecule has 0 saturated carbocycles. The van der Waals surface area contributed by atoms with Gasteiger partial charge in [-0.1, -0.05) is 37.3 Å². The third-order valence-electron chi connectivity index (χ3n) is 2.93. The topological polar surface area (TPSA) is 29.5 Å². The van der Waals surface area contributed by atoms with E-state index in [-0.39, 0.29) is 18.1 Å². The van der Waals surface area contributed by atoms with E-state index in [1.165, 1.54) is 4.90 Å². The molecule has 0 radical (unpaired) electrons. The first-order chi connectivity index (χ1) is 8.13. The number of rotatable bonds is 3. The molecule has 17 heavy (non-hydrogen) atoms. The number of carbonyl (C=O) groups excluding carboxylic acids is 1. The highest BCUT2D eigenvalue weighted by Crippen LogP contribution is 2.30. The Kier molecular flexibility index (Phi) is 3.31. The lowest BCUT2D eigenvalue weighted by atomic mass is 9.84. The Labute approximate surface area is 100 Å². The molecule has 0 spiro atoms. The molecule has 1 heterocycles. The third kappa shape index (κ3) is 2.75. The van der Waals surface area contributed by atoms with Crippen molar-refractivity contribution in [3.63, 3.8) is 0 Å². The Bertz CT molecular complexity index is 388. The number of amides is 1. The average Bonchev–Trinajstić information content (AvgIpc) is 2.33. The molecular formula is C13H16FNO2. The summed E-state index contributed by atoms with van der Waals surface area (Å²) in [6, 6.07) is 9.50. The maximum Gasteiger partial charge on any atom is 0.410 e. The van der Waals surface area contributed by atoms with Crippen molar-refractivity contribution in [1.29, 1.82) is 0 Å². The molecule has 1 aliphatic rings.